The first-order valence-electron chi connectivity index (χ1n) is 22.6. The van der Waals surface area contributed by atoms with Crippen molar-refractivity contribution in [2.24, 2.45) is 0 Å². The number of nitrogens with one attached hydrogen (secondary N) is 2. The lowest BCUT2D eigenvalue weighted by molar-refractivity contribution is -0.139. The Morgan fingerprint density at radius 2 is 1.00 bits per heavy atom. The molecule has 68 heavy (non-hydrogen) atoms. The zero-order valence-corrected chi connectivity index (χ0v) is 46.9. The highest BCUT2D eigenvalue weighted by Gasteiger charge is 2.45. The summed E-state index contributed by atoms with van der Waals surface area (Å²) in [5.74, 6) is -17.0. The Morgan fingerprint density at radius 1 is 0.574 bits per heavy atom. The van der Waals surface area contributed by atoms with Crippen LogP contribution in [0.15, 0.2) is 48.5 Å². The molecule has 22 heteroatoms. The Kier molecular flexibility index (Phi) is 19.0. The van der Waals surface area contributed by atoms with Crippen LogP contribution in [0.1, 0.15) is 23.5 Å². The molecule has 5 atom stereocenters. The maximum absolute atomic E-state index is 14.8. The number of hydrogen-bond donors (Lipinski definition) is 2. The lowest BCUT2D eigenvalue weighted by Crippen LogP contribution is -2.61. The fourth-order valence-corrected chi connectivity index (χ4v) is 12.6. The van der Waals surface area contributed by atoms with Gasteiger partial charge in [-0.25, -0.2) is 22.8 Å². The van der Waals surface area contributed by atoms with E-state index in [9.17, 15) is 36.3 Å². The van der Waals surface area contributed by atoms with Gasteiger partial charge < -0.3 is 42.2 Å². The molecular weight excluding hydrogens is 976 g/mol. The average molecular weight is 1050 g/mol. The molecule has 0 spiro atoms. The molecule has 12 nitrogen and oxygen atoms in total. The van der Waals surface area contributed by atoms with Gasteiger partial charge in [-0.05, 0) is 120 Å². The third kappa shape index (κ3) is 16.8. The molecule has 2 amide bonds. The van der Waals surface area contributed by atoms with E-state index in [4.69, 9.17) is 31.6 Å². The summed E-state index contributed by atoms with van der Waals surface area (Å²) in [5.41, 5.74) is 3.61. The van der Waals surface area contributed by atoms with Crippen molar-refractivity contribution in [3.8, 4) is 16.9 Å². The number of fused-ring (bicyclic) bond motifs is 3. The molecule has 378 valence electrons. The zero-order chi connectivity index (χ0) is 51.3. The first kappa shape index (κ1) is 57.0. The van der Waals surface area contributed by atoms with Crippen LogP contribution in [0.2, 0.25) is 98.2 Å². The van der Waals surface area contributed by atoms with E-state index in [1.54, 1.807) is 0 Å². The van der Waals surface area contributed by atoms with E-state index in [-0.39, 0.29) is 19.8 Å². The molecule has 0 heterocycles. The molecule has 0 bridgehead atoms. The van der Waals surface area contributed by atoms with Gasteiger partial charge in [0, 0.05) is 12.5 Å². The van der Waals surface area contributed by atoms with Gasteiger partial charge >= 0.3 is 12.1 Å². The van der Waals surface area contributed by atoms with Gasteiger partial charge in [-0.2, -0.15) is 8.78 Å². The molecule has 0 saturated heterocycles. The minimum Gasteiger partial charge on any atom is -0.449 e. The Labute approximate surface area is 402 Å². The van der Waals surface area contributed by atoms with Crippen molar-refractivity contribution in [1.29, 1.82) is 0 Å². The second-order valence-electron chi connectivity index (χ2n) is 21.7. The van der Waals surface area contributed by atoms with Crippen LogP contribution in [0.4, 0.5) is 26.7 Å². The van der Waals surface area contributed by atoms with E-state index in [2.05, 4.69) is 49.9 Å². The SMILES string of the molecule is C[Si](C)(C)OC[C@@H](O[Si](C)(C)C)[C@@H](O[Si](C)(C)C)[C@H](O[Si](C)(C)C)[C@H](CNC(=O)C[C@H](NC(=O)OCC1c2ccccc2-c2ccccc21)C(=O)Oc1c(F)c(F)c(F)c(F)c1F)O[Si](C)(C)C. The van der Waals surface area contributed by atoms with Crippen LogP contribution in [-0.2, 0) is 36.5 Å². The normalized spacial score (nSPS) is 15.7. The van der Waals surface area contributed by atoms with Crippen molar-refractivity contribution >= 4 is 59.6 Å². The van der Waals surface area contributed by atoms with E-state index in [0.29, 0.717) is 0 Å². The smallest absolute Gasteiger partial charge is 0.407 e. The first-order valence-corrected chi connectivity index (χ1v) is 39.7. The number of ether oxygens (including phenoxy) is 2. The molecule has 0 radical (unpaired) electrons. The minimum atomic E-state index is -2.49. The maximum atomic E-state index is 14.8. The number of carbonyl (C=O) groups is 3. The van der Waals surface area contributed by atoms with Crippen LogP contribution < -0.4 is 15.4 Å². The molecule has 4 rings (SSSR count). The van der Waals surface area contributed by atoms with Crippen LogP contribution in [0.5, 0.6) is 5.75 Å². The number of hydrogen-bond acceptors (Lipinski definition) is 10. The second kappa shape index (κ2) is 22.7. The molecule has 0 fully saturated rings. The van der Waals surface area contributed by atoms with Gasteiger partial charge in [-0.3, -0.25) is 4.79 Å². The molecule has 0 aliphatic heterocycles. The van der Waals surface area contributed by atoms with Crippen LogP contribution >= 0.6 is 0 Å². The van der Waals surface area contributed by atoms with Gasteiger partial charge in [0.15, 0.2) is 41.6 Å². The highest BCUT2D eigenvalue weighted by atomic mass is 28.4. The fourth-order valence-electron chi connectivity index (χ4n) is 7.48. The Morgan fingerprint density at radius 3 is 1.46 bits per heavy atom. The van der Waals surface area contributed by atoms with Crippen LogP contribution in [0, 0.1) is 29.1 Å². The van der Waals surface area contributed by atoms with Crippen LogP contribution in [-0.4, -0.2) is 110 Å². The number of rotatable bonds is 23. The molecule has 1 aliphatic carbocycles. The average Bonchev–Trinajstić information content (AvgIpc) is 3.52. The van der Waals surface area contributed by atoms with Gasteiger partial charge in [0.2, 0.25) is 40.7 Å². The Bertz CT molecular complexity index is 2190. The van der Waals surface area contributed by atoms with E-state index in [1.807, 2.05) is 107 Å². The monoisotopic (exact) mass is 1040 g/mol. The summed E-state index contributed by atoms with van der Waals surface area (Å²) in [6, 6.07) is 13.0. The van der Waals surface area contributed by atoms with Crippen molar-refractivity contribution < 1.29 is 67.9 Å². The maximum Gasteiger partial charge on any atom is 0.407 e. The molecule has 0 unspecified atom stereocenters. The van der Waals surface area contributed by atoms with Gasteiger partial charge in [0.25, 0.3) is 0 Å². The van der Waals surface area contributed by atoms with Gasteiger partial charge in [0.05, 0.1) is 37.4 Å². The summed E-state index contributed by atoms with van der Waals surface area (Å²) in [6.07, 6.45) is -5.23. The molecule has 0 aromatic heterocycles. The van der Waals surface area contributed by atoms with Crippen molar-refractivity contribution in [3.63, 3.8) is 0 Å². The molecule has 3 aromatic carbocycles. The highest BCUT2D eigenvalue weighted by Crippen LogP contribution is 2.44. The summed E-state index contributed by atoms with van der Waals surface area (Å²) < 4.78 is 116. The number of carbonyl (C=O) groups excluding carboxylic acids is 3. The predicted octanol–water partition coefficient (Wildman–Crippen LogP) is 10.4. The van der Waals surface area contributed by atoms with Crippen molar-refractivity contribution in [2.75, 3.05) is 19.8 Å². The summed E-state index contributed by atoms with van der Waals surface area (Å²) in [5, 5.41) is 5.00. The van der Waals surface area contributed by atoms with Gasteiger partial charge in [-0.1, -0.05) is 48.5 Å². The van der Waals surface area contributed by atoms with E-state index in [1.165, 1.54) is 0 Å². The van der Waals surface area contributed by atoms with E-state index in [0.717, 1.165) is 22.3 Å². The standard InChI is InChI=1S/C46H69F5N2O10Si5/c1-64(2,3)58-27-35(61-66(7,8)9)43(63-68(13,14)15)42(62-67(10,11)12)34(60-65(4,5)6)25-52-36(54)24-33(45(55)59-44-40(50)38(48)37(47)39(49)41(44)51)53-46(56)57-26-32-30-22-18-16-20-28(30)29-21-17-19-23-31(29)32/h16-23,32-35,42-43H,24-27H2,1-15H3,(H,52,54)(H,53,56)/t33-,34-,35+,42+,43+/m0/s1. The quantitative estimate of drug-likeness (QED) is 0.0236. The predicted molar refractivity (Wildman–Crippen MR) is 264 cm³/mol. The third-order valence-electron chi connectivity index (χ3n) is 9.91. The van der Waals surface area contributed by atoms with Crippen molar-refractivity contribution in [1.82, 2.24) is 10.6 Å². The number of alkyl carbamates (subject to hydrolysis) is 1. The van der Waals surface area contributed by atoms with E-state index < -0.39 is 137 Å². The van der Waals surface area contributed by atoms with E-state index >= 15 is 0 Å². The molecule has 2 N–H and O–H groups in total. The Balaban J connectivity index is 1.69. The van der Waals surface area contributed by atoms with Crippen LogP contribution in [0.25, 0.3) is 11.1 Å². The number of esters is 1. The molecule has 1 aliphatic rings. The first-order chi connectivity index (χ1) is 31.1. The molecule has 0 saturated carbocycles. The summed E-state index contributed by atoms with van der Waals surface area (Å²) in [6.45, 7) is 30.2. The minimum absolute atomic E-state index is 0.209. The summed E-state index contributed by atoms with van der Waals surface area (Å²) >= 11 is 0. The number of benzene rings is 3. The summed E-state index contributed by atoms with van der Waals surface area (Å²) in [4.78, 5) is 41.3. The molecule has 3 aromatic rings. The van der Waals surface area contributed by atoms with Gasteiger partial charge in [-0.15, -0.1) is 0 Å². The molecular formula is C46H69F5N2O10Si5. The van der Waals surface area contributed by atoms with Crippen LogP contribution in [0.3, 0.4) is 0 Å². The van der Waals surface area contributed by atoms with Gasteiger partial charge in [0.1, 0.15) is 12.6 Å². The lowest BCUT2D eigenvalue weighted by Gasteiger charge is -2.45. The zero-order valence-electron chi connectivity index (χ0n) is 41.9. The van der Waals surface area contributed by atoms with Crippen molar-refractivity contribution in [3.05, 3.63) is 88.7 Å². The topological polar surface area (TPSA) is 140 Å². The Hall–Kier alpha value is -3.60. The lowest BCUT2D eigenvalue weighted by atomic mass is 9.98. The highest BCUT2D eigenvalue weighted by molar-refractivity contribution is 6.71. The van der Waals surface area contributed by atoms with Crippen molar-refractivity contribution in [2.45, 2.75) is 141 Å². The third-order valence-corrected chi connectivity index (χ3v) is 14.9. The number of amides is 2. The second-order valence-corrected chi connectivity index (χ2v) is 44.1. The largest absolute Gasteiger partial charge is 0.449 e. The number of halogens is 5. The fraction of sp³-hybridized carbons (Fsp3) is 0.543. The summed E-state index contributed by atoms with van der Waals surface area (Å²) in [7, 11) is -11.7.